The maximum Gasteiger partial charge on any atom is 0.328 e. The van der Waals surface area contributed by atoms with E-state index < -0.39 is 12.0 Å². The minimum absolute atomic E-state index is 0.0328. The Morgan fingerprint density at radius 2 is 1.88 bits per heavy atom. The number of nitrogens with one attached hydrogen (secondary N) is 3. The number of carbonyl (C=O) groups excluding carboxylic acids is 3. The van der Waals surface area contributed by atoms with Crippen molar-refractivity contribution in [2.75, 3.05) is 59.4 Å². The first-order chi connectivity index (χ1) is 11.4. The van der Waals surface area contributed by atoms with Crippen LogP contribution in [0.4, 0.5) is 0 Å². The zero-order valence-electron chi connectivity index (χ0n) is 15.0. The highest BCUT2D eigenvalue weighted by molar-refractivity contribution is 7.99. The minimum Gasteiger partial charge on any atom is -0.467 e. The van der Waals surface area contributed by atoms with Crippen LogP contribution in [0.3, 0.4) is 0 Å². The molecule has 1 atom stereocenters. The number of thioether (sulfide) groups is 1. The summed E-state index contributed by atoms with van der Waals surface area (Å²) in [5.74, 6) is 0.201. The first kappa shape index (κ1) is 22.7. The van der Waals surface area contributed by atoms with Gasteiger partial charge in [0.15, 0.2) is 0 Å². The molecule has 2 amide bonds. The van der Waals surface area contributed by atoms with E-state index in [-0.39, 0.29) is 11.8 Å². The molecule has 24 heavy (non-hydrogen) atoms. The van der Waals surface area contributed by atoms with E-state index >= 15 is 0 Å². The zero-order chi connectivity index (χ0) is 18.4. The highest BCUT2D eigenvalue weighted by atomic mass is 32.2. The van der Waals surface area contributed by atoms with Crippen molar-refractivity contribution >= 4 is 29.5 Å². The van der Waals surface area contributed by atoms with Crippen molar-refractivity contribution in [3.05, 3.63) is 0 Å². The van der Waals surface area contributed by atoms with Gasteiger partial charge in [-0.05, 0) is 33.3 Å². The van der Waals surface area contributed by atoms with Crippen molar-refractivity contribution < 1.29 is 19.1 Å². The average molecular weight is 362 g/mol. The van der Waals surface area contributed by atoms with Crippen molar-refractivity contribution in [1.29, 1.82) is 0 Å². The molecule has 0 radical (unpaired) electrons. The number of amides is 2. The van der Waals surface area contributed by atoms with Crippen molar-refractivity contribution in [3.63, 3.8) is 0 Å². The molecule has 0 saturated heterocycles. The molecular formula is C15H30N4O4S. The van der Waals surface area contributed by atoms with Gasteiger partial charge in [0, 0.05) is 26.1 Å². The van der Waals surface area contributed by atoms with Crippen molar-refractivity contribution in [2.24, 2.45) is 0 Å². The van der Waals surface area contributed by atoms with Gasteiger partial charge in [-0.1, -0.05) is 0 Å². The van der Waals surface area contributed by atoms with Crippen LogP contribution in [0.15, 0.2) is 0 Å². The summed E-state index contributed by atoms with van der Waals surface area (Å²) in [4.78, 5) is 37.0. The fourth-order valence-electron chi connectivity index (χ4n) is 1.73. The van der Waals surface area contributed by atoms with E-state index in [0.29, 0.717) is 37.4 Å². The standard InChI is InChI=1S/C15H30N4O4S/c1-16-7-5-13(20)18-12(15(22)23-4)6-10-24-11-14(21)17-8-9-19(2)3/h12,16H,5-11H2,1-4H3,(H,17,21)(H,18,20)/t12-/m0/s1. The lowest BCUT2D eigenvalue weighted by Gasteiger charge is -2.16. The smallest absolute Gasteiger partial charge is 0.328 e. The molecule has 8 nitrogen and oxygen atoms in total. The Morgan fingerprint density at radius 1 is 1.17 bits per heavy atom. The third-order valence-corrected chi connectivity index (χ3v) is 4.08. The number of carbonyl (C=O) groups is 3. The Balaban J connectivity index is 4.03. The summed E-state index contributed by atoms with van der Waals surface area (Å²) in [6.45, 7) is 1.94. The van der Waals surface area contributed by atoms with Gasteiger partial charge in [0.05, 0.1) is 12.9 Å². The number of hydrogen-bond acceptors (Lipinski definition) is 7. The molecule has 0 aliphatic rings. The van der Waals surface area contributed by atoms with Gasteiger partial charge >= 0.3 is 5.97 Å². The highest BCUT2D eigenvalue weighted by Gasteiger charge is 2.21. The largest absolute Gasteiger partial charge is 0.467 e. The Labute approximate surface area is 148 Å². The molecule has 0 aromatic heterocycles. The van der Waals surface area contributed by atoms with Crippen LogP contribution in [-0.4, -0.2) is 88.1 Å². The zero-order valence-corrected chi connectivity index (χ0v) is 15.8. The second-order valence-electron chi connectivity index (χ2n) is 5.49. The second-order valence-corrected chi connectivity index (χ2v) is 6.60. The van der Waals surface area contributed by atoms with Gasteiger partial charge < -0.3 is 25.6 Å². The summed E-state index contributed by atoms with van der Waals surface area (Å²) in [6, 6.07) is -0.677. The molecule has 0 aromatic carbocycles. The summed E-state index contributed by atoms with van der Waals surface area (Å²) in [5.41, 5.74) is 0. The van der Waals surface area contributed by atoms with Gasteiger partial charge in [-0.2, -0.15) is 11.8 Å². The van der Waals surface area contributed by atoms with Crippen LogP contribution in [0.1, 0.15) is 12.8 Å². The van der Waals surface area contributed by atoms with E-state index in [2.05, 4.69) is 16.0 Å². The molecule has 0 aliphatic heterocycles. The van der Waals surface area contributed by atoms with Crippen molar-refractivity contribution in [3.8, 4) is 0 Å². The van der Waals surface area contributed by atoms with Crippen LogP contribution in [0.2, 0.25) is 0 Å². The van der Waals surface area contributed by atoms with E-state index in [9.17, 15) is 14.4 Å². The number of rotatable bonds is 13. The van der Waals surface area contributed by atoms with Gasteiger partial charge in [0.2, 0.25) is 11.8 Å². The summed E-state index contributed by atoms with van der Waals surface area (Å²) in [7, 11) is 6.93. The highest BCUT2D eigenvalue weighted by Crippen LogP contribution is 2.06. The molecule has 0 saturated carbocycles. The number of ether oxygens (including phenoxy) is 1. The Morgan fingerprint density at radius 3 is 2.46 bits per heavy atom. The van der Waals surface area contributed by atoms with Crippen LogP contribution < -0.4 is 16.0 Å². The number of methoxy groups -OCH3 is 1. The second kappa shape index (κ2) is 14.1. The fraction of sp³-hybridized carbons (Fsp3) is 0.800. The normalized spacial score (nSPS) is 11.9. The lowest BCUT2D eigenvalue weighted by molar-refractivity contribution is -0.145. The maximum absolute atomic E-state index is 11.7. The molecule has 0 rings (SSSR count). The summed E-state index contributed by atoms with van der Waals surface area (Å²) >= 11 is 1.42. The van der Waals surface area contributed by atoms with E-state index in [4.69, 9.17) is 4.74 Å². The third kappa shape index (κ3) is 12.1. The summed E-state index contributed by atoms with van der Waals surface area (Å²) < 4.78 is 4.71. The molecule has 0 heterocycles. The molecule has 0 bridgehead atoms. The molecular weight excluding hydrogens is 332 g/mol. The molecule has 9 heteroatoms. The number of nitrogens with zero attached hydrogens (tertiary/aromatic N) is 1. The molecule has 0 spiro atoms. The molecule has 0 unspecified atom stereocenters. The van der Waals surface area contributed by atoms with E-state index in [1.165, 1.54) is 18.9 Å². The third-order valence-electron chi connectivity index (χ3n) is 3.09. The lowest BCUT2D eigenvalue weighted by Crippen LogP contribution is -2.42. The van der Waals surface area contributed by atoms with E-state index in [1.807, 2.05) is 19.0 Å². The lowest BCUT2D eigenvalue weighted by atomic mass is 10.2. The van der Waals surface area contributed by atoms with Gasteiger partial charge in [-0.15, -0.1) is 0 Å². The molecule has 0 aromatic rings. The van der Waals surface area contributed by atoms with Gasteiger partial charge in [-0.3, -0.25) is 9.59 Å². The first-order valence-electron chi connectivity index (χ1n) is 7.91. The van der Waals surface area contributed by atoms with Gasteiger partial charge in [0.25, 0.3) is 0 Å². The monoisotopic (exact) mass is 362 g/mol. The van der Waals surface area contributed by atoms with Crippen LogP contribution in [0.25, 0.3) is 0 Å². The van der Waals surface area contributed by atoms with Crippen molar-refractivity contribution in [1.82, 2.24) is 20.9 Å². The SMILES string of the molecule is CNCCC(=O)N[C@@H](CCSCC(=O)NCCN(C)C)C(=O)OC. The topological polar surface area (TPSA) is 99.8 Å². The quantitative estimate of drug-likeness (QED) is 0.287. The fourth-order valence-corrected chi connectivity index (χ4v) is 2.57. The van der Waals surface area contributed by atoms with Crippen LogP contribution >= 0.6 is 11.8 Å². The van der Waals surface area contributed by atoms with Crippen LogP contribution in [0.5, 0.6) is 0 Å². The Hall–Kier alpha value is -1.32. The molecule has 0 fully saturated rings. The summed E-state index contributed by atoms with van der Waals surface area (Å²) in [6.07, 6.45) is 0.721. The Kier molecular flexibility index (Phi) is 13.3. The Bertz CT molecular complexity index is 394. The predicted molar refractivity (Wildman–Crippen MR) is 96.0 cm³/mol. The number of hydrogen-bond donors (Lipinski definition) is 3. The van der Waals surface area contributed by atoms with Crippen LogP contribution in [-0.2, 0) is 19.1 Å². The predicted octanol–water partition coefficient (Wildman–Crippen LogP) is -0.945. The van der Waals surface area contributed by atoms with Crippen LogP contribution in [0, 0.1) is 0 Å². The molecule has 3 N–H and O–H groups in total. The van der Waals surface area contributed by atoms with Gasteiger partial charge in [-0.25, -0.2) is 4.79 Å². The van der Waals surface area contributed by atoms with E-state index in [0.717, 1.165) is 6.54 Å². The molecule has 0 aliphatic carbocycles. The van der Waals surface area contributed by atoms with Gasteiger partial charge in [0.1, 0.15) is 6.04 Å². The van der Waals surface area contributed by atoms with Crippen molar-refractivity contribution in [2.45, 2.75) is 18.9 Å². The minimum atomic E-state index is -0.677. The average Bonchev–Trinajstić information content (AvgIpc) is 2.54. The molecule has 140 valence electrons. The van der Waals surface area contributed by atoms with E-state index in [1.54, 1.807) is 7.05 Å². The number of likely N-dealkylation sites (N-methyl/N-ethyl adjacent to an activating group) is 1. The number of esters is 1. The summed E-state index contributed by atoms with van der Waals surface area (Å²) in [5, 5.41) is 8.36. The first-order valence-corrected chi connectivity index (χ1v) is 9.07. The maximum atomic E-state index is 11.7.